The molecule has 1 unspecified atom stereocenters. The largest absolute Gasteiger partial charge is 0.496 e. The molecule has 0 amide bonds. The SMILES string of the molecule is CCOc1ccc(S(=O)(=O)NCC(c2ccccc2OC)N2CCCC2)cc1. The summed E-state index contributed by atoms with van der Waals surface area (Å²) in [6, 6.07) is 14.2. The van der Waals surface area contributed by atoms with Crippen LogP contribution in [0.4, 0.5) is 0 Å². The predicted molar refractivity (Wildman–Crippen MR) is 109 cm³/mol. The summed E-state index contributed by atoms with van der Waals surface area (Å²) in [5.74, 6) is 1.44. The molecule has 0 aliphatic carbocycles. The first-order chi connectivity index (χ1) is 13.5. The van der Waals surface area contributed by atoms with Crippen molar-refractivity contribution in [2.45, 2.75) is 30.7 Å². The number of methoxy groups -OCH3 is 1. The normalized spacial score (nSPS) is 16.1. The van der Waals surface area contributed by atoms with Crippen molar-refractivity contribution in [3.05, 3.63) is 54.1 Å². The quantitative estimate of drug-likeness (QED) is 0.695. The Morgan fingerprint density at radius 1 is 1.07 bits per heavy atom. The maximum atomic E-state index is 12.8. The lowest BCUT2D eigenvalue weighted by molar-refractivity contribution is 0.240. The lowest BCUT2D eigenvalue weighted by Gasteiger charge is -2.29. The lowest BCUT2D eigenvalue weighted by atomic mass is 10.0. The molecule has 3 rings (SSSR count). The van der Waals surface area contributed by atoms with Crippen LogP contribution in [0.1, 0.15) is 31.4 Å². The molecule has 2 aromatic rings. The van der Waals surface area contributed by atoms with Crippen LogP contribution in [0.2, 0.25) is 0 Å². The fraction of sp³-hybridized carbons (Fsp3) is 0.429. The topological polar surface area (TPSA) is 67.9 Å². The summed E-state index contributed by atoms with van der Waals surface area (Å²) < 4.78 is 39.3. The van der Waals surface area contributed by atoms with E-state index in [-0.39, 0.29) is 17.5 Å². The monoisotopic (exact) mass is 404 g/mol. The van der Waals surface area contributed by atoms with E-state index in [4.69, 9.17) is 9.47 Å². The Labute approximate surface area is 167 Å². The van der Waals surface area contributed by atoms with E-state index in [0.717, 1.165) is 37.2 Å². The summed E-state index contributed by atoms with van der Waals surface area (Å²) in [5, 5.41) is 0. The lowest BCUT2D eigenvalue weighted by Crippen LogP contribution is -2.37. The van der Waals surface area contributed by atoms with Gasteiger partial charge in [-0.05, 0) is 63.2 Å². The van der Waals surface area contributed by atoms with E-state index >= 15 is 0 Å². The Morgan fingerprint density at radius 2 is 1.75 bits per heavy atom. The van der Waals surface area contributed by atoms with E-state index in [1.165, 1.54) is 0 Å². The van der Waals surface area contributed by atoms with E-state index in [2.05, 4.69) is 9.62 Å². The Bertz CT molecular complexity index is 862. The van der Waals surface area contributed by atoms with Crippen molar-refractivity contribution in [3.63, 3.8) is 0 Å². The van der Waals surface area contributed by atoms with Crippen LogP contribution in [0, 0.1) is 0 Å². The van der Waals surface area contributed by atoms with Gasteiger partial charge in [0.05, 0.1) is 24.7 Å². The van der Waals surface area contributed by atoms with Crippen molar-refractivity contribution in [2.75, 3.05) is 33.4 Å². The van der Waals surface area contributed by atoms with Gasteiger partial charge in [-0.15, -0.1) is 0 Å². The van der Waals surface area contributed by atoms with Gasteiger partial charge in [0.25, 0.3) is 0 Å². The molecule has 1 N–H and O–H groups in total. The molecule has 1 saturated heterocycles. The number of nitrogens with zero attached hydrogens (tertiary/aromatic N) is 1. The molecular weight excluding hydrogens is 376 g/mol. The Balaban J connectivity index is 1.79. The van der Waals surface area contributed by atoms with Gasteiger partial charge >= 0.3 is 0 Å². The Morgan fingerprint density at radius 3 is 2.39 bits per heavy atom. The molecule has 0 radical (unpaired) electrons. The van der Waals surface area contributed by atoms with Crippen molar-refractivity contribution >= 4 is 10.0 Å². The third kappa shape index (κ3) is 4.84. The zero-order chi connectivity index (χ0) is 20.0. The molecule has 7 heteroatoms. The Hall–Kier alpha value is -2.09. The molecule has 1 aliphatic rings. The molecule has 0 bridgehead atoms. The van der Waals surface area contributed by atoms with E-state index < -0.39 is 10.0 Å². The van der Waals surface area contributed by atoms with Gasteiger partial charge in [-0.25, -0.2) is 13.1 Å². The van der Waals surface area contributed by atoms with Gasteiger partial charge in [0.15, 0.2) is 0 Å². The second kappa shape index (κ2) is 9.41. The van der Waals surface area contributed by atoms with Crippen molar-refractivity contribution < 1.29 is 17.9 Å². The zero-order valence-electron chi connectivity index (χ0n) is 16.4. The van der Waals surface area contributed by atoms with Crippen LogP contribution in [0.15, 0.2) is 53.4 Å². The van der Waals surface area contributed by atoms with Crippen LogP contribution in [0.25, 0.3) is 0 Å². The summed E-state index contributed by atoms with van der Waals surface area (Å²) in [5.41, 5.74) is 1.00. The highest BCUT2D eigenvalue weighted by Crippen LogP contribution is 2.31. The van der Waals surface area contributed by atoms with E-state index in [1.807, 2.05) is 31.2 Å². The second-order valence-corrected chi connectivity index (χ2v) is 8.52. The highest BCUT2D eigenvalue weighted by atomic mass is 32.2. The van der Waals surface area contributed by atoms with Crippen molar-refractivity contribution in [3.8, 4) is 11.5 Å². The molecule has 0 saturated carbocycles. The molecule has 152 valence electrons. The minimum Gasteiger partial charge on any atom is -0.496 e. The van der Waals surface area contributed by atoms with E-state index in [0.29, 0.717) is 12.4 Å². The van der Waals surface area contributed by atoms with Gasteiger partial charge in [-0.3, -0.25) is 4.90 Å². The van der Waals surface area contributed by atoms with Crippen molar-refractivity contribution in [1.29, 1.82) is 0 Å². The van der Waals surface area contributed by atoms with Crippen LogP contribution in [-0.2, 0) is 10.0 Å². The first kappa shape index (κ1) is 20.6. The average molecular weight is 405 g/mol. The number of rotatable bonds is 9. The molecule has 0 spiro atoms. The molecule has 1 heterocycles. The third-order valence-corrected chi connectivity index (χ3v) is 6.43. The molecule has 1 aliphatic heterocycles. The molecule has 2 aromatic carbocycles. The molecule has 28 heavy (non-hydrogen) atoms. The minimum atomic E-state index is -3.62. The number of sulfonamides is 1. The summed E-state index contributed by atoms with van der Waals surface area (Å²) in [6.07, 6.45) is 2.24. The third-order valence-electron chi connectivity index (χ3n) is 4.99. The van der Waals surface area contributed by atoms with Crippen LogP contribution in [0.3, 0.4) is 0 Å². The van der Waals surface area contributed by atoms with Crippen LogP contribution in [0.5, 0.6) is 11.5 Å². The second-order valence-electron chi connectivity index (χ2n) is 6.76. The predicted octanol–water partition coefficient (Wildman–Crippen LogP) is 3.21. The number of likely N-dealkylation sites (tertiary alicyclic amines) is 1. The van der Waals surface area contributed by atoms with Crippen LogP contribution in [-0.4, -0.2) is 46.7 Å². The fourth-order valence-corrected chi connectivity index (χ4v) is 4.62. The van der Waals surface area contributed by atoms with Crippen molar-refractivity contribution in [1.82, 2.24) is 9.62 Å². The van der Waals surface area contributed by atoms with Gasteiger partial charge in [-0.1, -0.05) is 18.2 Å². The average Bonchev–Trinajstić information content (AvgIpc) is 3.24. The number of ether oxygens (including phenoxy) is 2. The van der Waals surface area contributed by atoms with Gasteiger partial charge in [0.1, 0.15) is 11.5 Å². The summed E-state index contributed by atoms with van der Waals surface area (Å²) in [4.78, 5) is 2.55. The number of nitrogens with one attached hydrogen (secondary N) is 1. The summed E-state index contributed by atoms with van der Waals surface area (Å²) >= 11 is 0. The van der Waals surface area contributed by atoms with E-state index in [9.17, 15) is 8.42 Å². The first-order valence-corrected chi connectivity index (χ1v) is 11.1. The Kier molecular flexibility index (Phi) is 6.93. The smallest absolute Gasteiger partial charge is 0.240 e. The maximum absolute atomic E-state index is 12.8. The number of hydrogen-bond acceptors (Lipinski definition) is 5. The first-order valence-electron chi connectivity index (χ1n) is 9.64. The van der Waals surface area contributed by atoms with Gasteiger partial charge < -0.3 is 9.47 Å². The van der Waals surface area contributed by atoms with Crippen LogP contribution >= 0.6 is 0 Å². The molecular formula is C21H28N2O4S. The molecule has 0 aromatic heterocycles. The van der Waals surface area contributed by atoms with Gasteiger partial charge in [-0.2, -0.15) is 0 Å². The highest BCUT2D eigenvalue weighted by molar-refractivity contribution is 7.89. The number of benzene rings is 2. The van der Waals surface area contributed by atoms with Gasteiger partial charge in [0, 0.05) is 12.1 Å². The fourth-order valence-electron chi connectivity index (χ4n) is 3.58. The molecule has 1 atom stereocenters. The van der Waals surface area contributed by atoms with Crippen molar-refractivity contribution in [2.24, 2.45) is 0 Å². The van der Waals surface area contributed by atoms with E-state index in [1.54, 1.807) is 31.4 Å². The van der Waals surface area contributed by atoms with Gasteiger partial charge in [0.2, 0.25) is 10.0 Å². The summed E-state index contributed by atoms with van der Waals surface area (Å²) in [6.45, 7) is 4.63. The zero-order valence-corrected chi connectivity index (χ0v) is 17.2. The highest BCUT2D eigenvalue weighted by Gasteiger charge is 2.27. The standard InChI is InChI=1S/C21H28N2O4S/c1-3-27-17-10-12-18(13-11-17)28(24,25)22-16-20(23-14-6-7-15-23)19-8-4-5-9-21(19)26-2/h4-5,8-13,20,22H,3,6-7,14-16H2,1-2H3. The molecule has 1 fully saturated rings. The maximum Gasteiger partial charge on any atom is 0.240 e. The molecule has 6 nitrogen and oxygen atoms in total. The number of hydrogen-bond donors (Lipinski definition) is 1. The number of para-hydroxylation sites is 1. The summed E-state index contributed by atoms with van der Waals surface area (Å²) in [7, 11) is -1.97. The minimum absolute atomic E-state index is 0.0730. The van der Waals surface area contributed by atoms with Crippen LogP contribution < -0.4 is 14.2 Å².